The number of fused-ring (bicyclic) bond motifs is 1. The fraction of sp³-hybridized carbons (Fsp3) is 0.333. The van der Waals surface area contributed by atoms with Gasteiger partial charge in [0.1, 0.15) is 23.1 Å². The average molecular weight is 444 g/mol. The zero-order chi connectivity index (χ0) is 23.0. The summed E-state index contributed by atoms with van der Waals surface area (Å²) in [5.74, 6) is 0.547. The van der Waals surface area contributed by atoms with Crippen LogP contribution in [0.2, 0.25) is 0 Å². The standard InChI is InChI=1S/C24H24N6O3/c1-24(2)14-16-11-20(21(13-22(16)33-24)29-7-9-32-10-8-29)27-23(31)19-4-6-30(28-19)18-3-5-26-17(12-18)15-25/h3-6,11-13H,7-10,14H2,1-2H3,(H,27,31). The number of hydrogen-bond donors (Lipinski definition) is 1. The lowest BCUT2D eigenvalue weighted by atomic mass is 10.0. The predicted molar refractivity (Wildman–Crippen MR) is 122 cm³/mol. The number of anilines is 2. The molecule has 1 amide bonds. The number of nitriles is 1. The Hall–Kier alpha value is -3.90. The Morgan fingerprint density at radius 1 is 1.21 bits per heavy atom. The number of pyridine rings is 1. The van der Waals surface area contributed by atoms with Crippen LogP contribution in [0.1, 0.15) is 35.6 Å². The summed E-state index contributed by atoms with van der Waals surface area (Å²) in [6, 6.07) is 11.0. The van der Waals surface area contributed by atoms with Gasteiger partial charge in [0, 0.05) is 49.6 Å². The van der Waals surface area contributed by atoms with Crippen molar-refractivity contribution in [3.8, 4) is 17.5 Å². The van der Waals surface area contributed by atoms with Gasteiger partial charge in [0.2, 0.25) is 0 Å². The molecule has 168 valence electrons. The van der Waals surface area contributed by atoms with E-state index in [9.17, 15) is 4.79 Å². The molecule has 0 spiro atoms. The quantitative estimate of drug-likeness (QED) is 0.660. The number of ether oxygens (including phenoxy) is 2. The van der Waals surface area contributed by atoms with E-state index in [1.165, 1.54) is 6.20 Å². The molecule has 5 rings (SSSR count). The average Bonchev–Trinajstić information content (AvgIpc) is 3.42. The van der Waals surface area contributed by atoms with Gasteiger partial charge in [-0.3, -0.25) is 4.79 Å². The molecule has 2 aromatic heterocycles. The first-order valence-electron chi connectivity index (χ1n) is 10.8. The highest BCUT2D eigenvalue weighted by molar-refractivity contribution is 6.05. The van der Waals surface area contributed by atoms with E-state index in [0.29, 0.717) is 18.9 Å². The summed E-state index contributed by atoms with van der Waals surface area (Å²) in [6.45, 7) is 6.87. The highest BCUT2D eigenvalue weighted by atomic mass is 16.5. The van der Waals surface area contributed by atoms with Crippen LogP contribution in [0.15, 0.2) is 42.7 Å². The molecule has 33 heavy (non-hydrogen) atoms. The summed E-state index contributed by atoms with van der Waals surface area (Å²) in [5, 5.41) is 16.5. The Labute approximate surface area is 191 Å². The van der Waals surface area contributed by atoms with E-state index in [2.05, 4.69) is 34.1 Å². The highest BCUT2D eigenvalue weighted by Gasteiger charge is 2.32. The molecular weight excluding hydrogens is 420 g/mol. The monoisotopic (exact) mass is 444 g/mol. The van der Waals surface area contributed by atoms with Crippen molar-refractivity contribution in [2.75, 3.05) is 36.5 Å². The Balaban J connectivity index is 1.43. The number of benzene rings is 1. The molecule has 9 heteroatoms. The van der Waals surface area contributed by atoms with Gasteiger partial charge in [0.25, 0.3) is 5.91 Å². The zero-order valence-corrected chi connectivity index (χ0v) is 18.5. The summed E-state index contributed by atoms with van der Waals surface area (Å²) in [6.07, 6.45) is 4.00. The molecule has 4 heterocycles. The summed E-state index contributed by atoms with van der Waals surface area (Å²) >= 11 is 0. The van der Waals surface area contributed by atoms with Crippen LogP contribution in [0.25, 0.3) is 5.69 Å². The molecule has 0 unspecified atom stereocenters. The fourth-order valence-electron chi connectivity index (χ4n) is 4.20. The SMILES string of the molecule is CC1(C)Cc2cc(NC(=O)c3ccn(-c4ccnc(C#N)c4)n3)c(N3CCOCC3)cc2O1. The lowest BCUT2D eigenvalue weighted by Gasteiger charge is -2.31. The maximum Gasteiger partial charge on any atom is 0.276 e. The Bertz CT molecular complexity index is 1250. The van der Waals surface area contributed by atoms with E-state index in [4.69, 9.17) is 14.7 Å². The van der Waals surface area contributed by atoms with Crippen LogP contribution in [0, 0.1) is 11.3 Å². The van der Waals surface area contributed by atoms with Crippen molar-refractivity contribution >= 4 is 17.3 Å². The predicted octanol–water partition coefficient (Wildman–Crippen LogP) is 2.94. The summed E-state index contributed by atoms with van der Waals surface area (Å²) in [7, 11) is 0. The van der Waals surface area contributed by atoms with Crippen LogP contribution in [-0.2, 0) is 11.2 Å². The lowest BCUT2D eigenvalue weighted by molar-refractivity contribution is 0.102. The number of aromatic nitrogens is 3. The van der Waals surface area contributed by atoms with Crippen molar-refractivity contribution < 1.29 is 14.3 Å². The molecule has 0 bridgehead atoms. The van der Waals surface area contributed by atoms with Crippen molar-refractivity contribution in [1.82, 2.24) is 14.8 Å². The molecular formula is C24H24N6O3. The minimum Gasteiger partial charge on any atom is -0.487 e. The minimum atomic E-state index is -0.309. The van der Waals surface area contributed by atoms with Crippen molar-refractivity contribution in [3.63, 3.8) is 0 Å². The van der Waals surface area contributed by atoms with Crippen LogP contribution in [0.4, 0.5) is 11.4 Å². The van der Waals surface area contributed by atoms with Crippen LogP contribution in [0.5, 0.6) is 5.75 Å². The van der Waals surface area contributed by atoms with Crippen molar-refractivity contribution in [2.24, 2.45) is 0 Å². The first-order chi connectivity index (χ1) is 15.9. The summed E-state index contributed by atoms with van der Waals surface area (Å²) < 4.78 is 13.2. The molecule has 3 aromatic rings. The molecule has 0 aliphatic carbocycles. The van der Waals surface area contributed by atoms with E-state index in [-0.39, 0.29) is 22.9 Å². The van der Waals surface area contributed by atoms with Gasteiger partial charge in [0.15, 0.2) is 5.69 Å². The number of carbonyl (C=O) groups excluding carboxylic acids is 1. The first-order valence-corrected chi connectivity index (χ1v) is 10.8. The second-order valence-electron chi connectivity index (χ2n) is 8.73. The smallest absolute Gasteiger partial charge is 0.276 e. The third-order valence-corrected chi connectivity index (χ3v) is 5.73. The fourth-order valence-corrected chi connectivity index (χ4v) is 4.20. The molecule has 1 N–H and O–H groups in total. The van der Waals surface area contributed by atoms with Gasteiger partial charge in [-0.1, -0.05) is 0 Å². The van der Waals surface area contributed by atoms with E-state index in [0.717, 1.165) is 42.2 Å². The molecule has 0 saturated carbocycles. The third kappa shape index (κ3) is 4.25. The van der Waals surface area contributed by atoms with Crippen molar-refractivity contribution in [3.05, 3.63) is 59.7 Å². The summed E-state index contributed by atoms with van der Waals surface area (Å²) in [4.78, 5) is 19.3. The molecule has 1 fully saturated rings. The second-order valence-corrected chi connectivity index (χ2v) is 8.73. The highest BCUT2D eigenvalue weighted by Crippen LogP contribution is 2.41. The lowest BCUT2D eigenvalue weighted by Crippen LogP contribution is -2.36. The molecule has 0 atom stereocenters. The topological polar surface area (TPSA) is 105 Å². The first kappa shape index (κ1) is 21.0. The van der Waals surface area contributed by atoms with Crippen molar-refractivity contribution in [2.45, 2.75) is 25.9 Å². The molecule has 2 aliphatic rings. The maximum absolute atomic E-state index is 13.1. The number of hydrogen-bond acceptors (Lipinski definition) is 7. The molecule has 2 aliphatic heterocycles. The van der Waals surface area contributed by atoms with Gasteiger partial charge in [-0.25, -0.2) is 9.67 Å². The van der Waals surface area contributed by atoms with E-state index >= 15 is 0 Å². The molecule has 1 aromatic carbocycles. The van der Waals surface area contributed by atoms with Crippen LogP contribution in [-0.4, -0.2) is 52.6 Å². The van der Waals surface area contributed by atoms with Gasteiger partial charge < -0.3 is 19.7 Å². The molecule has 1 saturated heterocycles. The number of nitrogens with one attached hydrogen (secondary N) is 1. The molecule has 9 nitrogen and oxygen atoms in total. The molecule has 0 radical (unpaired) electrons. The second kappa shape index (κ2) is 8.22. The zero-order valence-electron chi connectivity index (χ0n) is 18.5. The Kier molecular flexibility index (Phi) is 5.23. The Morgan fingerprint density at radius 3 is 2.82 bits per heavy atom. The number of amides is 1. The maximum atomic E-state index is 13.1. The summed E-state index contributed by atoms with van der Waals surface area (Å²) in [5.41, 5.74) is 3.65. The van der Waals surface area contributed by atoms with Gasteiger partial charge in [-0.2, -0.15) is 10.4 Å². The largest absolute Gasteiger partial charge is 0.487 e. The van der Waals surface area contributed by atoms with Gasteiger partial charge >= 0.3 is 0 Å². The number of carbonyl (C=O) groups is 1. The third-order valence-electron chi connectivity index (χ3n) is 5.73. The van der Waals surface area contributed by atoms with E-state index in [1.807, 2.05) is 18.2 Å². The van der Waals surface area contributed by atoms with Gasteiger partial charge in [0.05, 0.1) is 30.3 Å². The van der Waals surface area contributed by atoms with Crippen LogP contribution < -0.4 is 15.0 Å². The number of morpholine rings is 1. The van der Waals surface area contributed by atoms with Crippen molar-refractivity contribution in [1.29, 1.82) is 5.26 Å². The van der Waals surface area contributed by atoms with Crippen LogP contribution >= 0.6 is 0 Å². The Morgan fingerprint density at radius 2 is 2.03 bits per heavy atom. The number of nitrogens with zero attached hydrogens (tertiary/aromatic N) is 5. The van der Waals surface area contributed by atoms with Gasteiger partial charge in [-0.05, 0) is 32.0 Å². The van der Waals surface area contributed by atoms with E-state index in [1.54, 1.807) is 29.1 Å². The van der Waals surface area contributed by atoms with Crippen LogP contribution in [0.3, 0.4) is 0 Å². The van der Waals surface area contributed by atoms with E-state index < -0.39 is 0 Å². The minimum absolute atomic E-state index is 0.273. The number of rotatable bonds is 4. The van der Waals surface area contributed by atoms with Gasteiger partial charge in [-0.15, -0.1) is 0 Å². The normalized spacial score (nSPS) is 16.6.